The van der Waals surface area contributed by atoms with Gasteiger partial charge in [0.15, 0.2) is 0 Å². The van der Waals surface area contributed by atoms with Crippen LogP contribution >= 0.6 is 15.9 Å². The summed E-state index contributed by atoms with van der Waals surface area (Å²) in [6.45, 7) is 2.21. The molecule has 0 saturated carbocycles. The molecule has 0 heterocycles. The molecule has 0 aliphatic carbocycles. The molecule has 1 aromatic rings. The number of halogens is 1. The first-order valence-electron chi connectivity index (χ1n) is 5.67. The van der Waals surface area contributed by atoms with E-state index in [1.807, 2.05) is 0 Å². The molecule has 1 N–H and O–H groups in total. The predicted octanol–water partition coefficient (Wildman–Crippen LogP) is 1.89. The minimum Gasteiger partial charge on any atom is -0.468 e. The van der Waals surface area contributed by atoms with Crippen LogP contribution in [0.4, 0.5) is 0 Å². The molecule has 0 aromatic heterocycles. The van der Waals surface area contributed by atoms with Gasteiger partial charge in [-0.15, -0.1) is 0 Å². The molecule has 0 saturated heterocycles. The minimum absolute atomic E-state index is 0.317. The molecule has 1 rings (SSSR count). The molecule has 0 fully saturated rings. The van der Waals surface area contributed by atoms with Gasteiger partial charge in [-0.1, -0.05) is 22.0 Å². The molecular weight excluding hydrogens is 314 g/mol. The number of methoxy groups -OCH3 is 2. The van der Waals surface area contributed by atoms with E-state index in [2.05, 4.69) is 30.7 Å². The third-order valence-corrected chi connectivity index (χ3v) is 3.37. The zero-order valence-corrected chi connectivity index (χ0v) is 12.6. The maximum atomic E-state index is 11.4. The van der Waals surface area contributed by atoms with Crippen LogP contribution in [0.5, 0.6) is 0 Å². The van der Waals surface area contributed by atoms with Crippen molar-refractivity contribution < 1.29 is 19.1 Å². The second-order valence-electron chi connectivity index (χ2n) is 3.92. The summed E-state index contributed by atoms with van der Waals surface area (Å²) in [6.07, 6.45) is 0. The van der Waals surface area contributed by atoms with Gasteiger partial charge < -0.3 is 14.8 Å². The van der Waals surface area contributed by atoms with Crippen molar-refractivity contribution in [3.8, 4) is 0 Å². The zero-order valence-electron chi connectivity index (χ0n) is 11.0. The minimum atomic E-state index is -0.391. The number of benzene rings is 1. The van der Waals surface area contributed by atoms with Crippen LogP contribution in [-0.2, 0) is 20.8 Å². The van der Waals surface area contributed by atoms with Crippen LogP contribution in [0.3, 0.4) is 0 Å². The standard InChI is InChI=1S/C13H16BrNO4/c1-8(12(16)18-2)15-7-10-5-4-9(6-11(10)14)13(17)19-3/h4-6,8,15H,7H2,1-3H3. The van der Waals surface area contributed by atoms with Crippen LogP contribution in [0.25, 0.3) is 0 Å². The van der Waals surface area contributed by atoms with Crippen molar-refractivity contribution in [2.24, 2.45) is 0 Å². The first kappa shape index (κ1) is 15.7. The van der Waals surface area contributed by atoms with E-state index in [0.717, 1.165) is 10.0 Å². The van der Waals surface area contributed by atoms with Gasteiger partial charge in [0.1, 0.15) is 6.04 Å². The lowest BCUT2D eigenvalue weighted by Crippen LogP contribution is -2.34. The topological polar surface area (TPSA) is 64.6 Å². The van der Waals surface area contributed by atoms with Crippen LogP contribution in [0.2, 0.25) is 0 Å². The fourth-order valence-corrected chi connectivity index (χ4v) is 1.98. The normalized spacial score (nSPS) is 11.8. The number of hydrogen-bond acceptors (Lipinski definition) is 5. The van der Waals surface area contributed by atoms with Gasteiger partial charge in [0.2, 0.25) is 0 Å². The second-order valence-corrected chi connectivity index (χ2v) is 4.78. The van der Waals surface area contributed by atoms with Crippen molar-refractivity contribution in [1.29, 1.82) is 0 Å². The second kappa shape index (κ2) is 7.25. The van der Waals surface area contributed by atoms with Crippen LogP contribution < -0.4 is 5.32 Å². The maximum Gasteiger partial charge on any atom is 0.337 e. The average molecular weight is 330 g/mol. The molecule has 1 atom stereocenters. The molecule has 104 valence electrons. The van der Waals surface area contributed by atoms with Crippen LogP contribution in [0.1, 0.15) is 22.8 Å². The van der Waals surface area contributed by atoms with Gasteiger partial charge in [-0.2, -0.15) is 0 Å². The zero-order chi connectivity index (χ0) is 14.4. The molecule has 1 aromatic carbocycles. The van der Waals surface area contributed by atoms with E-state index in [4.69, 9.17) is 0 Å². The van der Waals surface area contributed by atoms with Crippen molar-refractivity contribution in [2.75, 3.05) is 14.2 Å². The summed E-state index contributed by atoms with van der Waals surface area (Å²) in [5.74, 6) is -0.703. The highest BCUT2D eigenvalue weighted by Crippen LogP contribution is 2.19. The number of carbonyl (C=O) groups is 2. The highest BCUT2D eigenvalue weighted by atomic mass is 79.9. The Hall–Kier alpha value is -1.40. The Kier molecular flexibility index (Phi) is 5.98. The van der Waals surface area contributed by atoms with Crippen LogP contribution in [0, 0.1) is 0 Å². The van der Waals surface area contributed by atoms with Crippen molar-refractivity contribution in [3.05, 3.63) is 33.8 Å². The molecular formula is C13H16BrNO4. The van der Waals surface area contributed by atoms with Gasteiger partial charge in [0.25, 0.3) is 0 Å². The average Bonchev–Trinajstić information content (AvgIpc) is 2.43. The Bertz CT molecular complexity index is 476. The van der Waals surface area contributed by atoms with E-state index in [0.29, 0.717) is 12.1 Å². The SMILES string of the molecule is COC(=O)c1ccc(CNC(C)C(=O)OC)c(Br)c1. The largest absolute Gasteiger partial charge is 0.468 e. The number of hydrogen-bond donors (Lipinski definition) is 1. The predicted molar refractivity (Wildman–Crippen MR) is 73.8 cm³/mol. The third kappa shape index (κ3) is 4.33. The maximum absolute atomic E-state index is 11.4. The molecule has 1 unspecified atom stereocenters. The smallest absolute Gasteiger partial charge is 0.337 e. The molecule has 0 spiro atoms. The van der Waals surface area contributed by atoms with E-state index in [9.17, 15) is 9.59 Å². The van der Waals surface area contributed by atoms with E-state index in [1.165, 1.54) is 14.2 Å². The summed E-state index contributed by atoms with van der Waals surface area (Å²) in [5.41, 5.74) is 1.41. The van der Waals surface area contributed by atoms with Gasteiger partial charge in [-0.05, 0) is 24.6 Å². The summed E-state index contributed by atoms with van der Waals surface area (Å²) < 4.78 is 10.0. The van der Waals surface area contributed by atoms with Crippen molar-refractivity contribution in [3.63, 3.8) is 0 Å². The first-order chi connectivity index (χ1) is 8.99. The van der Waals surface area contributed by atoms with E-state index >= 15 is 0 Å². The van der Waals surface area contributed by atoms with Crippen molar-refractivity contribution in [2.45, 2.75) is 19.5 Å². The Morgan fingerprint density at radius 1 is 1.32 bits per heavy atom. The molecule has 5 nitrogen and oxygen atoms in total. The number of carbonyl (C=O) groups excluding carboxylic acids is 2. The molecule has 0 aliphatic heterocycles. The van der Waals surface area contributed by atoms with Crippen LogP contribution in [0.15, 0.2) is 22.7 Å². The monoisotopic (exact) mass is 329 g/mol. The number of esters is 2. The molecule has 0 aliphatic rings. The Balaban J connectivity index is 2.70. The summed E-state index contributed by atoms with van der Waals surface area (Å²) in [7, 11) is 2.69. The van der Waals surface area contributed by atoms with Gasteiger partial charge in [-0.3, -0.25) is 4.79 Å². The molecule has 19 heavy (non-hydrogen) atoms. The lowest BCUT2D eigenvalue weighted by Gasteiger charge is -2.12. The third-order valence-electron chi connectivity index (χ3n) is 2.63. The summed E-state index contributed by atoms with van der Waals surface area (Å²) in [4.78, 5) is 22.6. The Labute approximate surface area is 120 Å². The summed E-state index contributed by atoms with van der Waals surface area (Å²) in [5, 5.41) is 3.03. The fourth-order valence-electron chi connectivity index (χ4n) is 1.46. The molecule has 0 bridgehead atoms. The lowest BCUT2D eigenvalue weighted by molar-refractivity contribution is -0.142. The number of ether oxygens (including phenoxy) is 2. The number of nitrogens with one attached hydrogen (secondary N) is 1. The van der Waals surface area contributed by atoms with Crippen molar-refractivity contribution in [1.82, 2.24) is 5.32 Å². The summed E-state index contributed by atoms with van der Waals surface area (Å²) >= 11 is 3.38. The van der Waals surface area contributed by atoms with Gasteiger partial charge >= 0.3 is 11.9 Å². The number of rotatable bonds is 5. The van der Waals surface area contributed by atoms with Gasteiger partial charge in [-0.25, -0.2) is 4.79 Å². The van der Waals surface area contributed by atoms with Crippen molar-refractivity contribution >= 4 is 27.9 Å². The van der Waals surface area contributed by atoms with E-state index in [1.54, 1.807) is 25.1 Å². The van der Waals surface area contributed by atoms with E-state index < -0.39 is 6.04 Å². The fraction of sp³-hybridized carbons (Fsp3) is 0.385. The first-order valence-corrected chi connectivity index (χ1v) is 6.46. The Morgan fingerprint density at radius 2 is 2.00 bits per heavy atom. The molecule has 0 radical (unpaired) electrons. The highest BCUT2D eigenvalue weighted by Gasteiger charge is 2.13. The summed E-state index contributed by atoms with van der Waals surface area (Å²) in [6, 6.07) is 4.77. The molecule has 6 heteroatoms. The van der Waals surface area contributed by atoms with Crippen LogP contribution in [-0.4, -0.2) is 32.2 Å². The quantitative estimate of drug-likeness (QED) is 0.835. The van der Waals surface area contributed by atoms with Gasteiger partial charge in [0, 0.05) is 11.0 Å². The lowest BCUT2D eigenvalue weighted by atomic mass is 10.1. The van der Waals surface area contributed by atoms with Gasteiger partial charge in [0.05, 0.1) is 19.8 Å². The van der Waals surface area contributed by atoms with E-state index in [-0.39, 0.29) is 11.9 Å². The Morgan fingerprint density at radius 3 is 2.53 bits per heavy atom. The molecule has 0 amide bonds. The highest BCUT2D eigenvalue weighted by molar-refractivity contribution is 9.10.